The summed E-state index contributed by atoms with van der Waals surface area (Å²) < 4.78 is 17.1. The zero-order valence-corrected chi connectivity index (χ0v) is 16.5. The molecule has 6 nitrogen and oxygen atoms in total. The molecular formula is C20H20BrNO5. The molecule has 1 aliphatic carbocycles. The van der Waals surface area contributed by atoms with E-state index in [1.54, 1.807) is 12.1 Å². The van der Waals surface area contributed by atoms with Crippen LogP contribution in [-0.4, -0.2) is 25.5 Å². The number of hydrogen-bond donors (Lipinski definition) is 1. The summed E-state index contributed by atoms with van der Waals surface area (Å²) in [5.41, 5.74) is 7.25. The predicted molar refractivity (Wildman–Crippen MR) is 103 cm³/mol. The molecule has 142 valence electrons. The first-order chi connectivity index (χ1) is 13.0. The van der Waals surface area contributed by atoms with Crippen molar-refractivity contribution in [3.8, 4) is 5.75 Å². The van der Waals surface area contributed by atoms with Crippen molar-refractivity contribution in [3.63, 3.8) is 0 Å². The van der Waals surface area contributed by atoms with Crippen molar-refractivity contribution in [2.24, 2.45) is 5.73 Å². The average molecular weight is 434 g/mol. The number of carbonyl (C=O) groups excluding carboxylic acids is 2. The van der Waals surface area contributed by atoms with Crippen LogP contribution in [0.2, 0.25) is 0 Å². The fraction of sp³-hybridized carbons (Fsp3) is 0.300. The van der Waals surface area contributed by atoms with Gasteiger partial charge in [-0.3, -0.25) is 4.79 Å². The van der Waals surface area contributed by atoms with Crippen molar-refractivity contribution in [1.29, 1.82) is 0 Å². The van der Waals surface area contributed by atoms with Crippen LogP contribution in [-0.2, 0) is 19.1 Å². The number of allylic oxidation sites excluding steroid dienone is 2. The maximum absolute atomic E-state index is 12.8. The first-order valence-electron chi connectivity index (χ1n) is 8.53. The van der Waals surface area contributed by atoms with E-state index in [2.05, 4.69) is 22.5 Å². The second-order valence-electron chi connectivity index (χ2n) is 6.20. The van der Waals surface area contributed by atoms with E-state index in [0.717, 1.165) is 4.47 Å². The second-order valence-corrected chi connectivity index (χ2v) is 7.12. The zero-order chi connectivity index (χ0) is 19.6. The van der Waals surface area contributed by atoms with Crippen LogP contribution < -0.4 is 10.5 Å². The Bertz CT molecular complexity index is 871. The molecule has 0 aromatic heterocycles. The summed E-state index contributed by atoms with van der Waals surface area (Å²) in [5.74, 6) is -0.427. The summed E-state index contributed by atoms with van der Waals surface area (Å²) in [4.78, 5) is 25.3. The maximum atomic E-state index is 12.8. The molecular weight excluding hydrogens is 414 g/mol. The number of carbonyl (C=O) groups is 2. The fourth-order valence-electron chi connectivity index (χ4n) is 3.40. The van der Waals surface area contributed by atoms with Crippen molar-refractivity contribution in [1.82, 2.24) is 0 Å². The largest absolute Gasteiger partial charge is 0.489 e. The summed E-state index contributed by atoms with van der Waals surface area (Å²) in [7, 11) is 1.27. The molecule has 0 saturated carbocycles. The Morgan fingerprint density at radius 2 is 2.22 bits per heavy atom. The molecule has 3 rings (SSSR count). The van der Waals surface area contributed by atoms with Gasteiger partial charge in [-0.25, -0.2) is 4.79 Å². The standard InChI is InChI=1S/C20H20BrNO5/c1-3-9-26-14-8-7-11(21)10-12(14)16-17-13(23)5-4-6-15(17)27-19(22)18(16)20(24)25-2/h3,7-8,10,16H,1,4-6,9,22H2,2H3. The van der Waals surface area contributed by atoms with E-state index >= 15 is 0 Å². The van der Waals surface area contributed by atoms with Gasteiger partial charge in [-0.2, -0.15) is 0 Å². The number of nitrogens with two attached hydrogens (primary N) is 1. The number of rotatable bonds is 5. The molecule has 1 aliphatic heterocycles. The molecule has 0 bridgehead atoms. The Hall–Kier alpha value is -2.54. The summed E-state index contributed by atoms with van der Waals surface area (Å²) in [6, 6.07) is 5.41. The lowest BCUT2D eigenvalue weighted by atomic mass is 9.77. The van der Waals surface area contributed by atoms with Gasteiger partial charge in [0.05, 0.1) is 13.0 Å². The Kier molecular flexibility index (Phi) is 5.70. The van der Waals surface area contributed by atoms with Gasteiger partial charge in [-0.1, -0.05) is 28.6 Å². The van der Waals surface area contributed by atoms with Gasteiger partial charge < -0.3 is 19.9 Å². The lowest BCUT2D eigenvalue weighted by molar-refractivity contribution is -0.136. The van der Waals surface area contributed by atoms with Crippen molar-refractivity contribution < 1.29 is 23.8 Å². The lowest BCUT2D eigenvalue weighted by Crippen LogP contribution is -2.31. The van der Waals surface area contributed by atoms with Gasteiger partial charge in [0.15, 0.2) is 5.78 Å². The van der Waals surface area contributed by atoms with Gasteiger partial charge in [0.1, 0.15) is 23.7 Å². The Morgan fingerprint density at radius 3 is 2.93 bits per heavy atom. The van der Waals surface area contributed by atoms with E-state index in [1.165, 1.54) is 7.11 Å². The van der Waals surface area contributed by atoms with Crippen LogP contribution in [0.5, 0.6) is 5.75 Å². The third-order valence-electron chi connectivity index (χ3n) is 4.53. The van der Waals surface area contributed by atoms with Crippen LogP contribution in [0.1, 0.15) is 30.7 Å². The van der Waals surface area contributed by atoms with Crippen LogP contribution in [0.15, 0.2) is 58.1 Å². The molecule has 0 spiro atoms. The normalized spacial score (nSPS) is 19.3. The average Bonchev–Trinajstić information content (AvgIpc) is 2.65. The van der Waals surface area contributed by atoms with Crippen LogP contribution in [0.3, 0.4) is 0 Å². The number of ether oxygens (including phenoxy) is 3. The number of benzene rings is 1. The van der Waals surface area contributed by atoms with Crippen LogP contribution in [0.4, 0.5) is 0 Å². The molecule has 1 aromatic carbocycles. The van der Waals surface area contributed by atoms with Gasteiger partial charge >= 0.3 is 5.97 Å². The van der Waals surface area contributed by atoms with Crippen LogP contribution in [0.25, 0.3) is 0 Å². The molecule has 1 aromatic rings. The highest BCUT2D eigenvalue weighted by Crippen LogP contribution is 2.47. The number of Topliss-reactive ketones (excluding diaryl/α,β-unsaturated/α-hetero) is 1. The van der Waals surface area contributed by atoms with Crippen LogP contribution in [0, 0.1) is 0 Å². The number of methoxy groups -OCH3 is 1. The Morgan fingerprint density at radius 1 is 1.44 bits per heavy atom. The molecule has 0 fully saturated rings. The third kappa shape index (κ3) is 3.64. The van der Waals surface area contributed by atoms with Gasteiger partial charge in [-0.05, 0) is 24.6 Å². The molecule has 0 amide bonds. The second kappa shape index (κ2) is 8.00. The minimum atomic E-state index is -0.716. The zero-order valence-electron chi connectivity index (χ0n) is 14.9. The molecule has 1 heterocycles. The van der Waals surface area contributed by atoms with Crippen molar-refractivity contribution in [2.75, 3.05) is 13.7 Å². The SMILES string of the molecule is C=CCOc1ccc(Br)cc1C1C(C(=O)OC)=C(N)OC2=C1C(=O)CCC2. The topological polar surface area (TPSA) is 87.8 Å². The van der Waals surface area contributed by atoms with E-state index < -0.39 is 11.9 Å². The molecule has 2 aliphatic rings. The van der Waals surface area contributed by atoms with Crippen molar-refractivity contribution >= 4 is 27.7 Å². The minimum Gasteiger partial charge on any atom is -0.489 e. The molecule has 0 radical (unpaired) electrons. The molecule has 7 heteroatoms. The summed E-state index contributed by atoms with van der Waals surface area (Å²) in [6.07, 6.45) is 3.29. The van der Waals surface area contributed by atoms with E-state index in [1.807, 2.05) is 12.1 Å². The lowest BCUT2D eigenvalue weighted by Gasteiger charge is -2.33. The molecule has 1 unspecified atom stereocenters. The first-order valence-corrected chi connectivity index (χ1v) is 9.32. The monoisotopic (exact) mass is 433 g/mol. The maximum Gasteiger partial charge on any atom is 0.340 e. The Labute approximate surface area is 165 Å². The summed E-state index contributed by atoms with van der Waals surface area (Å²) in [5, 5.41) is 0. The third-order valence-corrected chi connectivity index (χ3v) is 5.02. The highest BCUT2D eigenvalue weighted by Gasteiger charge is 2.42. The number of esters is 1. The fourth-order valence-corrected chi connectivity index (χ4v) is 3.78. The first kappa shape index (κ1) is 19.2. The number of ketones is 1. The van der Waals surface area contributed by atoms with Gasteiger partial charge in [0.2, 0.25) is 5.88 Å². The highest BCUT2D eigenvalue weighted by atomic mass is 79.9. The molecule has 27 heavy (non-hydrogen) atoms. The van der Waals surface area contributed by atoms with E-state index in [4.69, 9.17) is 19.9 Å². The Balaban J connectivity index is 2.23. The molecule has 1 atom stereocenters. The van der Waals surface area contributed by atoms with Gasteiger partial charge in [0, 0.05) is 28.5 Å². The summed E-state index contributed by atoms with van der Waals surface area (Å²) in [6.45, 7) is 3.94. The van der Waals surface area contributed by atoms with E-state index in [-0.39, 0.29) is 23.8 Å². The van der Waals surface area contributed by atoms with E-state index in [9.17, 15) is 9.59 Å². The minimum absolute atomic E-state index is 0.0463. The number of halogens is 1. The summed E-state index contributed by atoms with van der Waals surface area (Å²) >= 11 is 3.45. The quantitative estimate of drug-likeness (QED) is 0.564. The van der Waals surface area contributed by atoms with Gasteiger partial charge in [0.25, 0.3) is 0 Å². The van der Waals surface area contributed by atoms with E-state index in [0.29, 0.717) is 41.9 Å². The number of hydrogen-bond acceptors (Lipinski definition) is 6. The van der Waals surface area contributed by atoms with Gasteiger partial charge in [-0.15, -0.1) is 0 Å². The predicted octanol–water partition coefficient (Wildman–Crippen LogP) is 3.48. The van der Waals surface area contributed by atoms with Crippen LogP contribution >= 0.6 is 15.9 Å². The van der Waals surface area contributed by atoms with Crippen molar-refractivity contribution in [2.45, 2.75) is 25.2 Å². The molecule has 2 N–H and O–H groups in total. The highest BCUT2D eigenvalue weighted by molar-refractivity contribution is 9.10. The molecule has 0 saturated heterocycles. The smallest absolute Gasteiger partial charge is 0.340 e. The van der Waals surface area contributed by atoms with Crippen molar-refractivity contribution in [3.05, 3.63) is 63.7 Å².